The summed E-state index contributed by atoms with van der Waals surface area (Å²) in [5.74, 6) is 0.337. The first-order valence-electron chi connectivity index (χ1n) is 11.3. The summed E-state index contributed by atoms with van der Waals surface area (Å²) in [6.45, 7) is 3.88. The predicted octanol–water partition coefficient (Wildman–Crippen LogP) is 3.72. The van der Waals surface area contributed by atoms with Crippen molar-refractivity contribution in [2.24, 2.45) is 0 Å². The second kappa shape index (κ2) is 9.35. The quantitative estimate of drug-likeness (QED) is 0.654. The number of piperidine rings is 2. The van der Waals surface area contributed by atoms with Crippen LogP contribution in [0, 0.1) is 0 Å². The second-order valence-electron chi connectivity index (χ2n) is 9.23. The minimum Gasteiger partial charge on any atom is -0.390 e. The SMILES string of the molecule is CC1(O)CCN(c2ccc(S(=O)(=O)N3CCC(Nc4ccc(C(F)(F)F)cn4)CC3)cc2)CC1. The highest BCUT2D eigenvalue weighted by Gasteiger charge is 2.32. The second-order valence-corrected chi connectivity index (χ2v) is 11.2. The molecular weight excluding hydrogens is 469 g/mol. The van der Waals surface area contributed by atoms with Crippen LogP contribution in [0.15, 0.2) is 47.5 Å². The van der Waals surface area contributed by atoms with Gasteiger partial charge in [-0.15, -0.1) is 0 Å². The number of halogens is 3. The standard InChI is InChI=1S/C23H29F3N4O3S/c1-22(31)10-14-29(15-11-22)19-3-5-20(6-4-19)34(32,33)30-12-8-18(9-13-30)28-21-7-2-17(16-27-21)23(24,25)26/h2-7,16,18,31H,8-15H2,1H3,(H,27,28). The lowest BCUT2D eigenvalue weighted by atomic mass is 9.93. The number of sulfonamides is 1. The molecule has 3 heterocycles. The van der Waals surface area contributed by atoms with Gasteiger partial charge in [-0.3, -0.25) is 0 Å². The zero-order valence-corrected chi connectivity index (χ0v) is 19.7. The highest BCUT2D eigenvalue weighted by atomic mass is 32.2. The van der Waals surface area contributed by atoms with E-state index in [1.165, 1.54) is 10.4 Å². The van der Waals surface area contributed by atoms with Gasteiger partial charge in [-0.25, -0.2) is 13.4 Å². The number of hydrogen-bond acceptors (Lipinski definition) is 6. The monoisotopic (exact) mass is 498 g/mol. The topological polar surface area (TPSA) is 85.8 Å². The molecule has 7 nitrogen and oxygen atoms in total. The molecule has 2 aliphatic heterocycles. The first kappa shape index (κ1) is 24.7. The molecule has 2 saturated heterocycles. The van der Waals surface area contributed by atoms with Gasteiger partial charge in [0.15, 0.2) is 0 Å². The van der Waals surface area contributed by atoms with Crippen LogP contribution in [-0.2, 0) is 16.2 Å². The lowest BCUT2D eigenvalue weighted by Gasteiger charge is -2.37. The van der Waals surface area contributed by atoms with Gasteiger partial charge in [0.25, 0.3) is 0 Å². The molecule has 0 unspecified atom stereocenters. The summed E-state index contributed by atoms with van der Waals surface area (Å²) in [6.07, 6.45) is -1.27. The molecule has 2 aromatic rings. The van der Waals surface area contributed by atoms with Crippen LogP contribution in [0.25, 0.3) is 0 Å². The molecule has 1 aromatic heterocycles. The van der Waals surface area contributed by atoms with E-state index in [2.05, 4.69) is 15.2 Å². The van der Waals surface area contributed by atoms with Crippen molar-refractivity contribution in [2.75, 3.05) is 36.4 Å². The highest BCUT2D eigenvalue weighted by Crippen LogP contribution is 2.30. The molecule has 1 aromatic carbocycles. The van der Waals surface area contributed by atoms with Crippen molar-refractivity contribution < 1.29 is 26.7 Å². The van der Waals surface area contributed by atoms with E-state index in [1.807, 2.05) is 6.92 Å². The number of benzene rings is 1. The summed E-state index contributed by atoms with van der Waals surface area (Å²) in [5.41, 5.74) is -0.526. The van der Waals surface area contributed by atoms with E-state index in [4.69, 9.17) is 0 Å². The molecule has 0 radical (unpaired) electrons. The largest absolute Gasteiger partial charge is 0.417 e. The number of aliphatic hydroxyl groups is 1. The van der Waals surface area contributed by atoms with E-state index in [-0.39, 0.29) is 10.9 Å². The number of nitrogens with one attached hydrogen (secondary N) is 1. The van der Waals surface area contributed by atoms with Crippen molar-refractivity contribution in [1.29, 1.82) is 0 Å². The minimum atomic E-state index is -4.43. The maximum absolute atomic E-state index is 13.1. The Kier molecular flexibility index (Phi) is 6.80. The molecule has 0 amide bonds. The van der Waals surface area contributed by atoms with E-state index in [9.17, 15) is 26.7 Å². The number of alkyl halides is 3. The Hall–Kier alpha value is -2.37. The third-order valence-corrected chi connectivity index (χ3v) is 8.49. The third kappa shape index (κ3) is 5.64. The summed E-state index contributed by atoms with van der Waals surface area (Å²) in [4.78, 5) is 6.20. The van der Waals surface area contributed by atoms with Gasteiger partial charge in [0.05, 0.1) is 16.1 Å². The molecule has 2 aliphatic rings. The van der Waals surface area contributed by atoms with Crippen LogP contribution in [-0.4, -0.2) is 60.6 Å². The molecular formula is C23H29F3N4O3S. The molecule has 0 aliphatic carbocycles. The van der Waals surface area contributed by atoms with Crippen LogP contribution in [0.3, 0.4) is 0 Å². The van der Waals surface area contributed by atoms with Gasteiger partial charge in [0.2, 0.25) is 10.0 Å². The minimum absolute atomic E-state index is 0.0747. The van der Waals surface area contributed by atoms with Crippen LogP contribution in [0.4, 0.5) is 24.7 Å². The van der Waals surface area contributed by atoms with Gasteiger partial charge >= 0.3 is 6.18 Å². The Morgan fingerprint density at radius 3 is 2.18 bits per heavy atom. The zero-order valence-electron chi connectivity index (χ0n) is 18.9. The number of aromatic nitrogens is 1. The first-order valence-corrected chi connectivity index (χ1v) is 12.8. The molecule has 186 valence electrons. The van der Waals surface area contributed by atoms with E-state index in [1.54, 1.807) is 24.3 Å². The summed E-state index contributed by atoms with van der Waals surface area (Å²) in [7, 11) is -3.64. The van der Waals surface area contributed by atoms with E-state index in [0.717, 1.165) is 18.0 Å². The lowest BCUT2D eigenvalue weighted by molar-refractivity contribution is -0.137. The van der Waals surface area contributed by atoms with E-state index in [0.29, 0.717) is 57.7 Å². The summed E-state index contributed by atoms with van der Waals surface area (Å²) in [5, 5.41) is 13.2. The zero-order chi connectivity index (χ0) is 24.6. The van der Waals surface area contributed by atoms with Crippen molar-refractivity contribution in [2.45, 2.75) is 55.3 Å². The molecule has 0 atom stereocenters. The maximum atomic E-state index is 13.1. The van der Waals surface area contributed by atoms with Gasteiger partial charge in [0, 0.05) is 44.1 Å². The van der Waals surface area contributed by atoms with Crippen molar-refractivity contribution in [3.63, 3.8) is 0 Å². The van der Waals surface area contributed by atoms with E-state index < -0.39 is 27.4 Å². The summed E-state index contributed by atoms with van der Waals surface area (Å²) < 4.78 is 65.7. The fraction of sp³-hybridized carbons (Fsp3) is 0.522. The van der Waals surface area contributed by atoms with E-state index >= 15 is 0 Å². The summed E-state index contributed by atoms with van der Waals surface area (Å²) >= 11 is 0. The Bertz CT molecular complexity index is 1070. The average Bonchev–Trinajstić information content (AvgIpc) is 2.79. The fourth-order valence-electron chi connectivity index (χ4n) is 4.32. The smallest absolute Gasteiger partial charge is 0.390 e. The van der Waals surface area contributed by atoms with Crippen LogP contribution in [0.2, 0.25) is 0 Å². The summed E-state index contributed by atoms with van der Waals surface area (Å²) in [6, 6.07) is 9.03. The molecule has 34 heavy (non-hydrogen) atoms. The van der Waals surface area contributed by atoms with Gasteiger partial charge in [0.1, 0.15) is 5.82 Å². The van der Waals surface area contributed by atoms with Crippen molar-refractivity contribution in [3.05, 3.63) is 48.2 Å². The van der Waals surface area contributed by atoms with Gasteiger partial charge < -0.3 is 15.3 Å². The van der Waals surface area contributed by atoms with Crippen molar-refractivity contribution >= 4 is 21.5 Å². The van der Waals surface area contributed by atoms with Gasteiger partial charge in [-0.05, 0) is 69.0 Å². The lowest BCUT2D eigenvalue weighted by Crippen LogP contribution is -2.43. The number of nitrogens with zero attached hydrogens (tertiary/aromatic N) is 3. The molecule has 11 heteroatoms. The van der Waals surface area contributed by atoms with Crippen LogP contribution < -0.4 is 10.2 Å². The number of rotatable bonds is 5. The first-order chi connectivity index (χ1) is 15.9. The average molecular weight is 499 g/mol. The molecule has 2 N–H and O–H groups in total. The third-order valence-electron chi connectivity index (χ3n) is 6.58. The van der Waals surface area contributed by atoms with Crippen molar-refractivity contribution in [1.82, 2.24) is 9.29 Å². The molecule has 0 saturated carbocycles. The molecule has 2 fully saturated rings. The number of anilines is 2. The Morgan fingerprint density at radius 1 is 1.03 bits per heavy atom. The number of pyridine rings is 1. The maximum Gasteiger partial charge on any atom is 0.417 e. The molecule has 4 rings (SSSR count). The Balaban J connectivity index is 1.33. The Morgan fingerprint density at radius 2 is 1.65 bits per heavy atom. The predicted molar refractivity (Wildman–Crippen MR) is 123 cm³/mol. The van der Waals surface area contributed by atoms with Crippen molar-refractivity contribution in [3.8, 4) is 0 Å². The molecule has 0 bridgehead atoms. The Labute approximate surface area is 197 Å². The van der Waals surface area contributed by atoms with Gasteiger partial charge in [-0.1, -0.05) is 0 Å². The van der Waals surface area contributed by atoms with Crippen LogP contribution in [0.5, 0.6) is 0 Å². The number of hydrogen-bond donors (Lipinski definition) is 2. The highest BCUT2D eigenvalue weighted by molar-refractivity contribution is 7.89. The van der Waals surface area contributed by atoms with Gasteiger partial charge in [-0.2, -0.15) is 17.5 Å². The normalized spacial score (nSPS) is 20.3. The van der Waals surface area contributed by atoms with Crippen LogP contribution in [0.1, 0.15) is 38.2 Å². The van der Waals surface area contributed by atoms with Crippen LogP contribution >= 0.6 is 0 Å². The fourth-order valence-corrected chi connectivity index (χ4v) is 5.79. The molecule has 0 spiro atoms.